The molecule has 0 aliphatic rings. The topological polar surface area (TPSA) is 66.9 Å². The average molecular weight is 478 g/mol. The molecule has 1 rings (SSSR count). The summed E-state index contributed by atoms with van der Waals surface area (Å²) in [5.74, 6) is 1.66. The molecule has 0 spiro atoms. The highest BCUT2D eigenvalue weighted by Gasteiger charge is 2.08. The van der Waals surface area contributed by atoms with E-state index in [0.717, 1.165) is 30.4 Å². The van der Waals surface area contributed by atoms with E-state index in [1.54, 1.807) is 14.2 Å². The third-order valence-corrected chi connectivity index (χ3v) is 3.51. The van der Waals surface area contributed by atoms with E-state index in [-0.39, 0.29) is 29.5 Å². The number of ether oxygens (including phenoxy) is 2. The van der Waals surface area contributed by atoms with Gasteiger partial charge in [-0.15, -0.1) is 24.0 Å². The van der Waals surface area contributed by atoms with Crippen LogP contribution in [0.25, 0.3) is 0 Å². The van der Waals surface area contributed by atoms with Gasteiger partial charge in [0.1, 0.15) is 12.4 Å². The van der Waals surface area contributed by atoms with Gasteiger partial charge in [0, 0.05) is 44.9 Å². The van der Waals surface area contributed by atoms with Gasteiger partial charge in [-0.1, -0.05) is 12.1 Å². The summed E-state index contributed by atoms with van der Waals surface area (Å²) in [5.41, 5.74) is 2.39. The van der Waals surface area contributed by atoms with Gasteiger partial charge in [-0.2, -0.15) is 0 Å². The molecule has 0 heterocycles. The fraction of sp³-hybridized carbons (Fsp3) is 0.632. The lowest BCUT2D eigenvalue weighted by molar-refractivity contribution is 0.145. The van der Waals surface area contributed by atoms with Crippen LogP contribution in [0.2, 0.25) is 0 Å². The quantitative estimate of drug-likeness (QED) is 0.221. The molecule has 0 unspecified atom stereocenters. The van der Waals surface area contributed by atoms with Crippen molar-refractivity contribution in [2.24, 2.45) is 4.99 Å². The van der Waals surface area contributed by atoms with Crippen molar-refractivity contribution in [2.45, 2.75) is 39.8 Å². The van der Waals surface area contributed by atoms with Gasteiger partial charge in [-0.3, -0.25) is 4.99 Å². The maximum atomic E-state index is 5.83. The van der Waals surface area contributed by atoms with Crippen LogP contribution in [0.4, 0.5) is 0 Å². The first-order valence-electron chi connectivity index (χ1n) is 8.76. The first-order valence-corrected chi connectivity index (χ1v) is 8.76. The van der Waals surface area contributed by atoms with E-state index in [4.69, 9.17) is 9.47 Å². The summed E-state index contributed by atoms with van der Waals surface area (Å²) in [6.07, 6.45) is 0. The zero-order valence-corrected chi connectivity index (χ0v) is 19.3. The molecular weight excluding hydrogens is 443 g/mol. The van der Waals surface area contributed by atoms with Gasteiger partial charge in [0.05, 0.1) is 6.61 Å². The molecule has 0 aliphatic heterocycles. The van der Waals surface area contributed by atoms with Crippen LogP contribution in [0, 0.1) is 6.92 Å². The molecule has 0 saturated carbocycles. The lowest BCUT2D eigenvalue weighted by Gasteiger charge is -2.21. The van der Waals surface area contributed by atoms with Gasteiger partial charge in [-0.25, -0.2) is 0 Å². The zero-order chi connectivity index (χ0) is 18.7. The van der Waals surface area contributed by atoms with Crippen LogP contribution in [0.1, 0.15) is 31.9 Å². The van der Waals surface area contributed by atoms with Crippen molar-refractivity contribution in [3.8, 4) is 5.75 Å². The highest BCUT2D eigenvalue weighted by atomic mass is 127. The van der Waals surface area contributed by atoms with E-state index in [1.165, 1.54) is 5.56 Å². The molecule has 0 radical (unpaired) electrons. The summed E-state index contributed by atoms with van der Waals surface area (Å²) in [4.78, 5) is 4.27. The Hall–Kier alpha value is -1.06. The van der Waals surface area contributed by atoms with E-state index in [0.29, 0.717) is 19.8 Å². The van der Waals surface area contributed by atoms with Crippen LogP contribution in [-0.2, 0) is 11.3 Å². The predicted molar refractivity (Wildman–Crippen MR) is 120 cm³/mol. The van der Waals surface area contributed by atoms with Gasteiger partial charge >= 0.3 is 0 Å². The van der Waals surface area contributed by atoms with Gasteiger partial charge < -0.3 is 25.4 Å². The Morgan fingerprint density at radius 1 is 1.12 bits per heavy atom. The van der Waals surface area contributed by atoms with E-state index in [1.807, 2.05) is 0 Å². The number of guanidine groups is 1. The summed E-state index contributed by atoms with van der Waals surface area (Å²) >= 11 is 0. The molecule has 3 N–H and O–H groups in total. The maximum Gasteiger partial charge on any atom is 0.191 e. The predicted octanol–water partition coefficient (Wildman–Crippen LogP) is 2.69. The Labute approximate surface area is 175 Å². The molecule has 0 amide bonds. The number of nitrogens with zero attached hydrogens (tertiary/aromatic N) is 1. The van der Waals surface area contributed by atoms with E-state index >= 15 is 0 Å². The molecule has 0 bridgehead atoms. The number of aryl methyl sites for hydroxylation is 1. The van der Waals surface area contributed by atoms with Crippen LogP contribution < -0.4 is 20.7 Å². The Balaban J connectivity index is 0.00000625. The molecule has 0 fully saturated rings. The van der Waals surface area contributed by atoms with Crippen LogP contribution in [0.5, 0.6) is 5.75 Å². The minimum Gasteiger partial charge on any atom is -0.491 e. The summed E-state index contributed by atoms with van der Waals surface area (Å²) in [7, 11) is 3.45. The Kier molecular flexibility index (Phi) is 12.6. The van der Waals surface area contributed by atoms with Gasteiger partial charge in [0.25, 0.3) is 0 Å². The molecule has 1 aromatic carbocycles. The van der Waals surface area contributed by atoms with Crippen molar-refractivity contribution >= 4 is 29.9 Å². The molecule has 7 heteroatoms. The van der Waals surface area contributed by atoms with Crippen LogP contribution in [0.15, 0.2) is 23.2 Å². The van der Waals surface area contributed by atoms with Crippen molar-refractivity contribution < 1.29 is 9.47 Å². The Bertz CT molecular complexity index is 545. The maximum absolute atomic E-state index is 5.83. The van der Waals surface area contributed by atoms with Crippen molar-refractivity contribution in [3.63, 3.8) is 0 Å². The molecule has 1 aromatic rings. The number of aliphatic imine (C=N–C) groups is 1. The molecule has 0 aromatic heterocycles. The summed E-state index contributed by atoms with van der Waals surface area (Å²) in [6.45, 7) is 12.0. The SMILES string of the molecule is CN=C(NCCNC(C)(C)C)NCc1ccc(C)cc1OCCOC.I. The van der Waals surface area contributed by atoms with Gasteiger partial charge in [-0.05, 0) is 39.3 Å². The van der Waals surface area contributed by atoms with E-state index < -0.39 is 0 Å². The largest absolute Gasteiger partial charge is 0.491 e. The van der Waals surface area contributed by atoms with E-state index in [9.17, 15) is 0 Å². The third kappa shape index (κ3) is 10.8. The van der Waals surface area contributed by atoms with Crippen LogP contribution >= 0.6 is 24.0 Å². The highest BCUT2D eigenvalue weighted by molar-refractivity contribution is 14.0. The normalized spacial score (nSPS) is 11.7. The fourth-order valence-corrected chi connectivity index (χ4v) is 2.20. The van der Waals surface area contributed by atoms with Crippen molar-refractivity contribution in [1.82, 2.24) is 16.0 Å². The lowest BCUT2D eigenvalue weighted by atomic mass is 10.1. The minimum absolute atomic E-state index is 0. The first-order chi connectivity index (χ1) is 11.9. The monoisotopic (exact) mass is 478 g/mol. The molecule has 0 atom stereocenters. The number of halogens is 1. The van der Waals surface area contributed by atoms with E-state index in [2.05, 4.69) is 66.8 Å². The highest BCUT2D eigenvalue weighted by Crippen LogP contribution is 2.20. The standard InChI is InChI=1S/C19H34N4O2.HI/c1-15-7-8-16(17(13-15)25-12-11-24-6)14-22-18(20-5)21-9-10-23-19(2,3)4;/h7-8,13,23H,9-12,14H2,1-6H3,(H2,20,21,22);1H. The van der Waals surface area contributed by atoms with Crippen LogP contribution in [-0.4, -0.2) is 52.0 Å². The third-order valence-electron chi connectivity index (χ3n) is 3.51. The number of rotatable bonds is 9. The van der Waals surface area contributed by atoms with Crippen molar-refractivity contribution in [3.05, 3.63) is 29.3 Å². The number of nitrogens with one attached hydrogen (secondary N) is 3. The summed E-state index contributed by atoms with van der Waals surface area (Å²) in [5, 5.41) is 10.1. The Morgan fingerprint density at radius 3 is 2.46 bits per heavy atom. The second-order valence-electron chi connectivity index (χ2n) is 6.98. The molecule has 0 aliphatic carbocycles. The fourth-order valence-electron chi connectivity index (χ4n) is 2.20. The number of benzene rings is 1. The summed E-state index contributed by atoms with van der Waals surface area (Å²) in [6, 6.07) is 6.22. The number of methoxy groups -OCH3 is 1. The van der Waals surface area contributed by atoms with Crippen LogP contribution in [0.3, 0.4) is 0 Å². The van der Waals surface area contributed by atoms with Crippen molar-refractivity contribution in [1.29, 1.82) is 0 Å². The lowest BCUT2D eigenvalue weighted by Crippen LogP contribution is -2.44. The number of hydrogen-bond donors (Lipinski definition) is 3. The smallest absolute Gasteiger partial charge is 0.191 e. The summed E-state index contributed by atoms with van der Waals surface area (Å²) < 4.78 is 10.9. The molecule has 6 nitrogen and oxygen atoms in total. The molecule has 26 heavy (non-hydrogen) atoms. The molecule has 150 valence electrons. The minimum atomic E-state index is 0. The van der Waals surface area contributed by atoms with Gasteiger partial charge in [0.2, 0.25) is 0 Å². The molecule has 0 saturated heterocycles. The van der Waals surface area contributed by atoms with Crippen molar-refractivity contribution in [2.75, 3.05) is 40.5 Å². The molecular formula is C19H35IN4O2. The second-order valence-corrected chi connectivity index (χ2v) is 6.98. The number of hydrogen-bond acceptors (Lipinski definition) is 4. The second kappa shape index (κ2) is 13.2. The zero-order valence-electron chi connectivity index (χ0n) is 16.9. The van der Waals surface area contributed by atoms with Gasteiger partial charge in [0.15, 0.2) is 5.96 Å². The Morgan fingerprint density at radius 2 is 1.85 bits per heavy atom. The average Bonchev–Trinajstić information content (AvgIpc) is 2.55. The first kappa shape index (κ1) is 24.9.